The molecule has 0 bridgehead atoms. The molecule has 0 amide bonds. The van der Waals surface area contributed by atoms with Crippen molar-refractivity contribution < 1.29 is 0 Å². The molecule has 0 fully saturated rings. The molecule has 3 rings (SSSR count). The van der Waals surface area contributed by atoms with Crippen LogP contribution in [0.2, 0.25) is 0 Å². The average molecular weight is 347 g/mol. The lowest BCUT2D eigenvalue weighted by atomic mass is 9.72. The summed E-state index contributed by atoms with van der Waals surface area (Å²) >= 11 is 1.69. The third-order valence-electron chi connectivity index (χ3n) is 4.85. The molecule has 1 aliphatic rings. The second-order valence-corrected chi connectivity index (χ2v) is 9.04. The van der Waals surface area contributed by atoms with Gasteiger partial charge in [-0.15, -0.1) is 11.3 Å². The van der Waals surface area contributed by atoms with E-state index in [9.17, 15) is 4.79 Å². The molecule has 5 nitrogen and oxygen atoms in total. The molecule has 1 aliphatic carbocycles. The minimum Gasteiger partial charge on any atom is -0.367 e. The van der Waals surface area contributed by atoms with Crippen molar-refractivity contribution in [2.75, 3.05) is 14.1 Å². The highest BCUT2D eigenvalue weighted by Gasteiger charge is 2.31. The van der Waals surface area contributed by atoms with E-state index < -0.39 is 0 Å². The molecule has 0 saturated heterocycles. The van der Waals surface area contributed by atoms with E-state index in [2.05, 4.69) is 30.9 Å². The maximum atomic E-state index is 13.0. The maximum absolute atomic E-state index is 13.0. The van der Waals surface area contributed by atoms with Crippen LogP contribution in [-0.2, 0) is 12.8 Å². The molecule has 0 radical (unpaired) electrons. The number of nitrogens with zero attached hydrogens (tertiary/aromatic N) is 4. The van der Waals surface area contributed by atoms with E-state index in [1.807, 2.05) is 25.9 Å². The second-order valence-electron chi connectivity index (χ2n) is 7.96. The van der Waals surface area contributed by atoms with Gasteiger partial charge in [-0.1, -0.05) is 20.8 Å². The van der Waals surface area contributed by atoms with Crippen LogP contribution in [0, 0.1) is 18.3 Å². The number of aromatic nitrogens is 2. The third kappa shape index (κ3) is 2.99. The van der Waals surface area contributed by atoms with Crippen molar-refractivity contribution in [1.29, 1.82) is 0 Å². The van der Waals surface area contributed by atoms with E-state index in [1.54, 1.807) is 17.7 Å². The molecule has 2 aromatic heterocycles. The first-order valence-corrected chi connectivity index (χ1v) is 9.25. The van der Waals surface area contributed by atoms with Gasteiger partial charge in [-0.05, 0) is 43.1 Å². The first-order valence-electron chi connectivity index (χ1n) is 8.43. The minimum atomic E-state index is -0.0395. The fourth-order valence-electron chi connectivity index (χ4n) is 3.35. The van der Waals surface area contributed by atoms with Crippen LogP contribution in [0.3, 0.4) is 0 Å². The highest BCUT2D eigenvalue weighted by Crippen LogP contribution is 2.42. The lowest BCUT2D eigenvalue weighted by Crippen LogP contribution is -2.27. The molecular formula is C18H26N4OS. The Morgan fingerprint density at radius 3 is 2.71 bits per heavy atom. The Labute approximate surface area is 147 Å². The Hall–Kier alpha value is -1.69. The molecule has 2 aromatic rings. The zero-order valence-corrected chi connectivity index (χ0v) is 16.2. The van der Waals surface area contributed by atoms with Crippen molar-refractivity contribution in [2.45, 2.75) is 47.0 Å². The van der Waals surface area contributed by atoms with Crippen LogP contribution >= 0.6 is 11.3 Å². The number of hydrogen-bond donors (Lipinski definition) is 0. The highest BCUT2D eigenvalue weighted by molar-refractivity contribution is 7.18. The third-order valence-corrected chi connectivity index (χ3v) is 5.99. The van der Waals surface area contributed by atoms with Crippen molar-refractivity contribution in [3.05, 3.63) is 26.6 Å². The van der Waals surface area contributed by atoms with Crippen LogP contribution in [0.4, 0.5) is 0 Å². The smallest absolute Gasteiger partial charge is 0.283 e. The van der Waals surface area contributed by atoms with E-state index in [-0.39, 0.29) is 5.56 Å². The Bertz CT molecular complexity index is 854. The molecule has 24 heavy (non-hydrogen) atoms. The fourth-order valence-corrected chi connectivity index (χ4v) is 4.68. The molecule has 0 aliphatic heterocycles. The minimum absolute atomic E-state index is 0.0395. The number of hydrogen-bond acceptors (Lipinski definition) is 4. The lowest BCUT2D eigenvalue weighted by molar-refractivity contribution is 0.218. The molecule has 0 saturated carbocycles. The molecule has 0 unspecified atom stereocenters. The summed E-state index contributed by atoms with van der Waals surface area (Å²) in [6.07, 6.45) is 4.79. The maximum Gasteiger partial charge on any atom is 0.283 e. The van der Waals surface area contributed by atoms with Crippen LogP contribution in [-0.4, -0.2) is 35.0 Å². The second kappa shape index (κ2) is 5.99. The van der Waals surface area contributed by atoms with Gasteiger partial charge >= 0.3 is 0 Å². The standard InChI is InChI=1S/C18H26N4OS/c1-11-20-16-15(17(23)22(11)19-10-21(5)6)13-8-7-12(18(2,3)4)9-14(13)24-16/h10,12H,7-9H2,1-6H3/t12-/m0/s1. The Kier molecular flexibility index (Phi) is 4.28. The molecular weight excluding hydrogens is 320 g/mol. The summed E-state index contributed by atoms with van der Waals surface area (Å²) in [5.41, 5.74) is 1.47. The van der Waals surface area contributed by atoms with Gasteiger partial charge < -0.3 is 4.90 Å². The predicted molar refractivity (Wildman–Crippen MR) is 101 cm³/mol. The van der Waals surface area contributed by atoms with Gasteiger partial charge in [-0.2, -0.15) is 9.78 Å². The summed E-state index contributed by atoms with van der Waals surface area (Å²) < 4.78 is 1.42. The van der Waals surface area contributed by atoms with E-state index in [1.165, 1.54) is 15.1 Å². The van der Waals surface area contributed by atoms with Crippen molar-refractivity contribution in [3.63, 3.8) is 0 Å². The monoisotopic (exact) mass is 346 g/mol. The van der Waals surface area contributed by atoms with E-state index in [0.29, 0.717) is 17.2 Å². The molecule has 6 heteroatoms. The number of aryl methyl sites for hydroxylation is 2. The number of thiophene rings is 1. The first kappa shape index (κ1) is 17.1. The summed E-state index contributed by atoms with van der Waals surface area (Å²) in [5, 5.41) is 5.07. The highest BCUT2D eigenvalue weighted by atomic mass is 32.1. The van der Waals surface area contributed by atoms with Crippen molar-refractivity contribution in [3.8, 4) is 0 Å². The van der Waals surface area contributed by atoms with Gasteiger partial charge in [0.15, 0.2) is 0 Å². The Morgan fingerprint density at radius 1 is 1.38 bits per heavy atom. The predicted octanol–water partition coefficient (Wildman–Crippen LogP) is 3.27. The van der Waals surface area contributed by atoms with Crippen LogP contribution in [0.25, 0.3) is 10.2 Å². The molecule has 0 N–H and O–H groups in total. The SMILES string of the molecule is Cc1nc2sc3c(c2c(=O)n1N=CN(C)C)CC[C@H](C(C)(C)C)C3. The van der Waals surface area contributed by atoms with Crippen molar-refractivity contribution in [1.82, 2.24) is 14.6 Å². The largest absolute Gasteiger partial charge is 0.367 e. The first-order chi connectivity index (χ1) is 11.2. The summed E-state index contributed by atoms with van der Waals surface area (Å²) in [6.45, 7) is 8.76. The summed E-state index contributed by atoms with van der Waals surface area (Å²) in [5.74, 6) is 1.30. The number of fused-ring (bicyclic) bond motifs is 3. The lowest BCUT2D eigenvalue weighted by Gasteiger charge is -2.33. The van der Waals surface area contributed by atoms with Crippen molar-refractivity contribution >= 4 is 27.9 Å². The summed E-state index contributed by atoms with van der Waals surface area (Å²) in [6, 6.07) is 0. The van der Waals surface area contributed by atoms with Gasteiger partial charge in [0.2, 0.25) is 0 Å². The normalized spacial score (nSPS) is 18.3. The quantitative estimate of drug-likeness (QED) is 0.619. The molecule has 2 heterocycles. The Balaban J connectivity index is 2.12. The van der Waals surface area contributed by atoms with Crippen LogP contribution in [0.15, 0.2) is 9.90 Å². The fraction of sp³-hybridized carbons (Fsp3) is 0.611. The van der Waals surface area contributed by atoms with Gasteiger partial charge in [0, 0.05) is 19.0 Å². The van der Waals surface area contributed by atoms with E-state index in [4.69, 9.17) is 0 Å². The van der Waals surface area contributed by atoms with Crippen LogP contribution < -0.4 is 5.56 Å². The summed E-state index contributed by atoms with van der Waals surface area (Å²) in [4.78, 5) is 21.7. The van der Waals surface area contributed by atoms with Gasteiger partial charge in [0.05, 0.1) is 5.39 Å². The number of rotatable bonds is 2. The van der Waals surface area contributed by atoms with Gasteiger partial charge in [-0.25, -0.2) is 4.98 Å². The topological polar surface area (TPSA) is 50.5 Å². The van der Waals surface area contributed by atoms with E-state index in [0.717, 1.165) is 29.5 Å². The zero-order valence-electron chi connectivity index (χ0n) is 15.4. The average Bonchev–Trinajstić information content (AvgIpc) is 2.82. The zero-order chi connectivity index (χ0) is 17.6. The molecule has 1 atom stereocenters. The summed E-state index contributed by atoms with van der Waals surface area (Å²) in [7, 11) is 3.77. The van der Waals surface area contributed by atoms with Crippen LogP contribution in [0.5, 0.6) is 0 Å². The van der Waals surface area contributed by atoms with Gasteiger partial charge in [0.1, 0.15) is 17.0 Å². The molecule has 0 spiro atoms. The van der Waals surface area contributed by atoms with E-state index >= 15 is 0 Å². The van der Waals surface area contributed by atoms with Crippen molar-refractivity contribution in [2.24, 2.45) is 16.4 Å². The van der Waals surface area contributed by atoms with Crippen LogP contribution in [0.1, 0.15) is 43.5 Å². The molecule has 0 aromatic carbocycles. The van der Waals surface area contributed by atoms with Gasteiger partial charge in [0.25, 0.3) is 5.56 Å². The molecule has 130 valence electrons. The Morgan fingerprint density at radius 2 is 2.08 bits per heavy atom. The van der Waals surface area contributed by atoms with Gasteiger partial charge in [-0.3, -0.25) is 4.79 Å².